The van der Waals surface area contributed by atoms with Crippen LogP contribution in [0.1, 0.15) is 11.7 Å². The molecule has 5 nitrogen and oxygen atoms in total. The second-order valence-corrected chi connectivity index (χ2v) is 6.87. The number of benzene rings is 3. The lowest BCUT2D eigenvalue weighted by atomic mass is 10.0. The lowest BCUT2D eigenvalue weighted by Gasteiger charge is -2.30. The number of hydrogen-bond acceptors (Lipinski definition) is 5. The Morgan fingerprint density at radius 2 is 1.69 bits per heavy atom. The van der Waals surface area contributed by atoms with Crippen molar-refractivity contribution in [2.75, 3.05) is 6.61 Å². The zero-order valence-electron chi connectivity index (χ0n) is 15.6. The molecule has 1 aliphatic heterocycles. The van der Waals surface area contributed by atoms with Crippen molar-refractivity contribution in [2.24, 2.45) is 0 Å². The molecular weight excluding hydrogens is 366 g/mol. The van der Waals surface area contributed by atoms with Gasteiger partial charge in [-0.1, -0.05) is 36.4 Å². The van der Waals surface area contributed by atoms with Gasteiger partial charge in [-0.05, 0) is 42.5 Å². The minimum absolute atomic E-state index is 0.273. The van der Waals surface area contributed by atoms with Gasteiger partial charge in [-0.15, -0.1) is 0 Å². The highest BCUT2D eigenvalue weighted by atomic mass is 16.5. The Bertz CT molecular complexity index is 1150. The summed E-state index contributed by atoms with van der Waals surface area (Å²) in [5.41, 5.74) is 1.50. The summed E-state index contributed by atoms with van der Waals surface area (Å²) in [6.45, 7) is 0.273. The molecule has 0 bridgehead atoms. The highest BCUT2D eigenvalue weighted by Crippen LogP contribution is 2.37. The first-order valence-corrected chi connectivity index (χ1v) is 9.46. The van der Waals surface area contributed by atoms with Gasteiger partial charge in [0.2, 0.25) is 5.88 Å². The van der Waals surface area contributed by atoms with Gasteiger partial charge in [0.05, 0.1) is 5.52 Å². The van der Waals surface area contributed by atoms with Crippen LogP contribution in [-0.2, 0) is 0 Å². The van der Waals surface area contributed by atoms with Gasteiger partial charge in [0.15, 0.2) is 6.10 Å². The molecule has 2 atom stereocenters. The number of ether oxygens (including phenoxy) is 3. The van der Waals surface area contributed by atoms with Crippen molar-refractivity contribution in [3.8, 4) is 23.1 Å². The Morgan fingerprint density at radius 3 is 2.59 bits per heavy atom. The number of aliphatic hydroxyl groups is 1. The lowest BCUT2D eigenvalue weighted by Crippen LogP contribution is -2.35. The lowest BCUT2D eigenvalue weighted by molar-refractivity contribution is -0.0104. The number of nitrogens with zero attached hydrogens (tertiary/aromatic N) is 1. The summed E-state index contributed by atoms with van der Waals surface area (Å²) in [7, 11) is 0. The molecule has 0 amide bonds. The third-order valence-electron chi connectivity index (χ3n) is 4.88. The Morgan fingerprint density at radius 1 is 0.862 bits per heavy atom. The van der Waals surface area contributed by atoms with Gasteiger partial charge in [-0.3, -0.25) is 0 Å². The molecule has 29 heavy (non-hydrogen) atoms. The average Bonchev–Trinajstić information content (AvgIpc) is 2.77. The zero-order chi connectivity index (χ0) is 19.6. The van der Waals surface area contributed by atoms with Crippen LogP contribution in [0, 0.1) is 0 Å². The summed E-state index contributed by atoms with van der Waals surface area (Å²) < 4.78 is 17.6. The number of aromatic nitrogens is 1. The van der Waals surface area contributed by atoms with Gasteiger partial charge < -0.3 is 19.3 Å². The molecule has 2 heterocycles. The zero-order valence-corrected chi connectivity index (χ0v) is 15.6. The van der Waals surface area contributed by atoms with Crippen LogP contribution in [0.5, 0.6) is 23.1 Å². The van der Waals surface area contributed by atoms with Crippen LogP contribution in [-0.4, -0.2) is 22.8 Å². The average molecular weight is 385 g/mol. The van der Waals surface area contributed by atoms with E-state index >= 15 is 0 Å². The monoisotopic (exact) mass is 385 g/mol. The molecule has 0 saturated heterocycles. The number of pyridine rings is 1. The van der Waals surface area contributed by atoms with Crippen LogP contribution < -0.4 is 14.2 Å². The molecule has 1 aromatic heterocycles. The Hall–Kier alpha value is -3.57. The predicted molar refractivity (Wildman–Crippen MR) is 110 cm³/mol. The summed E-state index contributed by atoms with van der Waals surface area (Å²) in [6.07, 6.45) is -1.33. The number of aliphatic hydroxyl groups excluding tert-OH is 1. The summed E-state index contributed by atoms with van der Waals surface area (Å²) in [6, 6.07) is 26.5. The minimum Gasteiger partial charge on any atom is -0.489 e. The number of hydrogen-bond donors (Lipinski definition) is 1. The Kier molecular flexibility index (Phi) is 4.50. The van der Waals surface area contributed by atoms with Gasteiger partial charge in [0.25, 0.3) is 0 Å². The topological polar surface area (TPSA) is 60.8 Å². The van der Waals surface area contributed by atoms with Crippen LogP contribution in [0.3, 0.4) is 0 Å². The van der Waals surface area contributed by atoms with E-state index < -0.39 is 12.2 Å². The molecule has 1 aliphatic rings. The quantitative estimate of drug-likeness (QED) is 0.541. The standard InChI is InChI=1S/C24H19NO4/c26-24-19-14-18(29-23-13-10-16-6-4-5-9-20(16)25-23)11-12-21(19)27-15-22(24)28-17-7-2-1-3-8-17/h1-14,22,24,26H,15H2. The molecule has 0 aliphatic carbocycles. The van der Waals surface area contributed by atoms with Crippen molar-refractivity contribution in [3.63, 3.8) is 0 Å². The molecule has 1 N–H and O–H groups in total. The summed E-state index contributed by atoms with van der Waals surface area (Å²) in [5, 5.41) is 11.9. The predicted octanol–water partition coefficient (Wildman–Crippen LogP) is 4.90. The molecule has 0 spiro atoms. The maximum Gasteiger partial charge on any atom is 0.219 e. The third-order valence-corrected chi connectivity index (χ3v) is 4.88. The fourth-order valence-electron chi connectivity index (χ4n) is 3.41. The van der Waals surface area contributed by atoms with E-state index in [1.807, 2.05) is 66.7 Å². The van der Waals surface area contributed by atoms with Crippen LogP contribution in [0.15, 0.2) is 84.9 Å². The molecule has 144 valence electrons. The van der Waals surface area contributed by atoms with Crippen molar-refractivity contribution in [3.05, 3.63) is 90.5 Å². The molecule has 5 rings (SSSR count). The normalized spacial score (nSPS) is 18.0. The number of rotatable bonds is 4. The Labute approximate surface area is 168 Å². The maximum absolute atomic E-state index is 10.8. The molecule has 4 aromatic rings. The first kappa shape index (κ1) is 17.5. The van der Waals surface area contributed by atoms with E-state index in [2.05, 4.69) is 4.98 Å². The van der Waals surface area contributed by atoms with Gasteiger partial charge in [-0.2, -0.15) is 0 Å². The molecule has 0 fully saturated rings. The number of fused-ring (bicyclic) bond motifs is 2. The van der Waals surface area contributed by atoms with Gasteiger partial charge in [0.1, 0.15) is 30.0 Å². The summed E-state index contributed by atoms with van der Waals surface area (Å²) in [4.78, 5) is 4.53. The van der Waals surface area contributed by atoms with E-state index in [4.69, 9.17) is 14.2 Å². The maximum atomic E-state index is 10.8. The minimum atomic E-state index is -0.827. The fourth-order valence-corrected chi connectivity index (χ4v) is 3.41. The van der Waals surface area contributed by atoms with Crippen molar-refractivity contribution >= 4 is 10.9 Å². The van der Waals surface area contributed by atoms with Crippen molar-refractivity contribution < 1.29 is 19.3 Å². The largest absolute Gasteiger partial charge is 0.489 e. The highest BCUT2D eigenvalue weighted by Gasteiger charge is 2.31. The molecular formula is C24H19NO4. The summed E-state index contributed by atoms with van der Waals surface area (Å²) >= 11 is 0. The van der Waals surface area contributed by atoms with Crippen LogP contribution in [0.2, 0.25) is 0 Å². The van der Waals surface area contributed by atoms with E-state index in [-0.39, 0.29) is 6.61 Å². The second-order valence-electron chi connectivity index (χ2n) is 6.87. The first-order chi connectivity index (χ1) is 14.3. The van der Waals surface area contributed by atoms with Crippen molar-refractivity contribution in [1.29, 1.82) is 0 Å². The van der Waals surface area contributed by atoms with Gasteiger partial charge in [-0.25, -0.2) is 4.98 Å². The molecule has 5 heteroatoms. The fraction of sp³-hybridized carbons (Fsp3) is 0.125. The second kappa shape index (κ2) is 7.45. The van der Waals surface area contributed by atoms with Gasteiger partial charge >= 0.3 is 0 Å². The molecule has 0 saturated carbocycles. The van der Waals surface area contributed by atoms with Crippen molar-refractivity contribution in [1.82, 2.24) is 4.98 Å². The Balaban J connectivity index is 1.38. The summed E-state index contributed by atoms with van der Waals surface area (Å²) in [5.74, 6) is 2.39. The smallest absolute Gasteiger partial charge is 0.219 e. The number of para-hydroxylation sites is 2. The SMILES string of the molecule is OC1c2cc(Oc3ccc4ccccc4n3)ccc2OCC1Oc1ccccc1. The third kappa shape index (κ3) is 3.60. The van der Waals surface area contributed by atoms with Crippen LogP contribution in [0.4, 0.5) is 0 Å². The van der Waals surface area contributed by atoms with Gasteiger partial charge in [0, 0.05) is 17.0 Å². The molecule has 3 aromatic carbocycles. The van der Waals surface area contributed by atoms with Crippen LogP contribution >= 0.6 is 0 Å². The van der Waals surface area contributed by atoms with Crippen molar-refractivity contribution in [2.45, 2.75) is 12.2 Å². The molecule has 2 unspecified atom stereocenters. The van der Waals surface area contributed by atoms with E-state index in [1.165, 1.54) is 0 Å². The first-order valence-electron chi connectivity index (χ1n) is 9.46. The van der Waals surface area contributed by atoms with E-state index in [0.29, 0.717) is 28.7 Å². The van der Waals surface area contributed by atoms with E-state index in [1.54, 1.807) is 18.2 Å². The van der Waals surface area contributed by atoms with E-state index in [0.717, 1.165) is 10.9 Å². The molecule has 0 radical (unpaired) electrons. The highest BCUT2D eigenvalue weighted by molar-refractivity contribution is 5.78. The van der Waals surface area contributed by atoms with E-state index in [9.17, 15) is 5.11 Å². The van der Waals surface area contributed by atoms with Crippen LogP contribution in [0.25, 0.3) is 10.9 Å².